The van der Waals surface area contributed by atoms with Crippen LogP contribution in [0, 0.1) is 0 Å². The first-order valence-corrected chi connectivity index (χ1v) is 8.98. The van der Waals surface area contributed by atoms with Crippen LogP contribution in [-0.4, -0.2) is 65.7 Å². The SMILES string of the molecule is B=C(N[C@H](C(=O)N[C@@H](CO)C(=O)OCc1ccccc1)[C@H](C)O)OC(C)(C)C. The fourth-order valence-electron chi connectivity index (χ4n) is 2.25. The van der Waals surface area contributed by atoms with Crippen molar-refractivity contribution in [1.29, 1.82) is 0 Å². The van der Waals surface area contributed by atoms with Gasteiger partial charge in [0.2, 0.25) is 0 Å². The average Bonchev–Trinajstić information content (AvgIpc) is 2.61. The van der Waals surface area contributed by atoms with E-state index in [1.54, 1.807) is 24.3 Å². The van der Waals surface area contributed by atoms with E-state index in [4.69, 9.17) is 9.47 Å². The number of hydrogen-bond donors (Lipinski definition) is 4. The van der Waals surface area contributed by atoms with Crippen molar-refractivity contribution in [2.75, 3.05) is 6.61 Å². The Balaban J connectivity index is 2.67. The van der Waals surface area contributed by atoms with E-state index in [2.05, 4.69) is 18.1 Å². The van der Waals surface area contributed by atoms with Crippen LogP contribution in [0.1, 0.15) is 33.3 Å². The Labute approximate surface area is 166 Å². The summed E-state index contributed by atoms with van der Waals surface area (Å²) < 4.78 is 10.6. The van der Waals surface area contributed by atoms with Crippen molar-refractivity contribution in [2.24, 2.45) is 0 Å². The molecule has 0 bridgehead atoms. The number of aliphatic hydroxyl groups is 2. The summed E-state index contributed by atoms with van der Waals surface area (Å²) in [5.41, 5.74) is 0.233. The summed E-state index contributed by atoms with van der Waals surface area (Å²) in [6, 6.07) is 6.62. The number of esters is 1. The number of carbonyl (C=O) groups excluding carboxylic acids is 2. The van der Waals surface area contributed by atoms with Gasteiger partial charge in [0.15, 0.2) is 0 Å². The molecule has 0 aromatic heterocycles. The van der Waals surface area contributed by atoms with Crippen molar-refractivity contribution in [3.05, 3.63) is 35.9 Å². The Hall–Kier alpha value is -2.39. The van der Waals surface area contributed by atoms with Crippen LogP contribution in [-0.2, 0) is 25.7 Å². The maximum atomic E-state index is 12.5. The first-order valence-electron chi connectivity index (χ1n) is 8.98. The van der Waals surface area contributed by atoms with Crippen LogP contribution >= 0.6 is 0 Å². The molecule has 8 nitrogen and oxygen atoms in total. The molecule has 0 aliphatic carbocycles. The fraction of sp³-hybridized carbons (Fsp3) is 0.526. The van der Waals surface area contributed by atoms with E-state index in [1.165, 1.54) is 6.92 Å². The normalized spacial score (nSPS) is 14.3. The van der Waals surface area contributed by atoms with Gasteiger partial charge in [-0.2, -0.15) is 0 Å². The van der Waals surface area contributed by atoms with Gasteiger partial charge in [-0.15, -0.1) is 0 Å². The Morgan fingerprint density at radius 1 is 1.18 bits per heavy atom. The van der Waals surface area contributed by atoms with Crippen molar-refractivity contribution in [3.63, 3.8) is 0 Å². The third kappa shape index (κ3) is 8.54. The van der Waals surface area contributed by atoms with E-state index < -0.39 is 42.3 Å². The summed E-state index contributed by atoms with van der Waals surface area (Å²) in [5, 5.41) is 24.4. The van der Waals surface area contributed by atoms with Gasteiger partial charge in [-0.1, -0.05) is 6.07 Å². The summed E-state index contributed by atoms with van der Waals surface area (Å²) in [6.07, 6.45) is -1.11. The van der Waals surface area contributed by atoms with Gasteiger partial charge in [0.05, 0.1) is 0 Å². The zero-order chi connectivity index (χ0) is 21.3. The van der Waals surface area contributed by atoms with Gasteiger partial charge < -0.3 is 0 Å². The van der Waals surface area contributed by atoms with E-state index in [0.29, 0.717) is 0 Å². The predicted octanol–water partition coefficient (Wildman–Crippen LogP) is -0.651. The Bertz CT molecular complexity index is 660. The molecule has 4 N–H and O–H groups in total. The molecule has 0 heterocycles. The number of benzene rings is 1. The van der Waals surface area contributed by atoms with E-state index in [0.717, 1.165) is 5.56 Å². The summed E-state index contributed by atoms with van der Waals surface area (Å²) >= 11 is 0. The maximum absolute atomic E-state index is 12.5. The Morgan fingerprint density at radius 2 is 1.79 bits per heavy atom. The molecule has 1 amide bonds. The number of hydrogen-bond acceptors (Lipinski definition) is 7. The molecule has 0 aliphatic rings. The molecule has 0 aliphatic heterocycles. The number of ether oxygens (including phenoxy) is 2. The molecular weight excluding hydrogens is 363 g/mol. The summed E-state index contributed by atoms with van der Waals surface area (Å²) in [6.45, 7) is 6.19. The van der Waals surface area contributed by atoms with E-state index in [-0.39, 0.29) is 12.4 Å². The number of rotatable bonds is 10. The van der Waals surface area contributed by atoms with Gasteiger partial charge in [-0.25, -0.2) is 0 Å². The second-order valence-electron chi connectivity index (χ2n) is 7.34. The van der Waals surface area contributed by atoms with Crippen molar-refractivity contribution in [2.45, 2.75) is 58.1 Å². The number of aliphatic hydroxyl groups excluding tert-OH is 2. The van der Waals surface area contributed by atoms with Gasteiger partial charge in [-0.05, 0) is 0 Å². The molecular formula is C19H29BN2O6. The molecule has 0 saturated carbocycles. The summed E-state index contributed by atoms with van der Waals surface area (Å²) in [4.78, 5) is 24.6. The molecule has 9 heteroatoms. The van der Waals surface area contributed by atoms with E-state index in [9.17, 15) is 19.8 Å². The second kappa shape index (κ2) is 10.8. The Kier molecular flexibility index (Phi) is 9.14. The molecule has 0 saturated heterocycles. The Morgan fingerprint density at radius 3 is 2.29 bits per heavy atom. The second-order valence-corrected chi connectivity index (χ2v) is 7.34. The van der Waals surface area contributed by atoms with Gasteiger partial charge in [0, 0.05) is 0 Å². The van der Waals surface area contributed by atoms with Crippen molar-refractivity contribution < 1.29 is 29.3 Å². The van der Waals surface area contributed by atoms with Crippen LogP contribution in [0.15, 0.2) is 30.3 Å². The quantitative estimate of drug-likeness (QED) is 0.309. The first-order chi connectivity index (χ1) is 13.0. The standard InChI is InChI=1S/C19H29BN2O6/c1-12(24)15(22-18(20)28-19(2,3)4)16(25)21-14(10-23)17(26)27-11-13-8-6-5-7-9-13/h5-9,12,14-15,20,22-24H,10-11H2,1-4H3,(H,21,25)/t12-,14-,15-/m0/s1. The first kappa shape index (κ1) is 23.7. The van der Waals surface area contributed by atoms with Gasteiger partial charge in [-0.3, -0.25) is 0 Å². The third-order valence-corrected chi connectivity index (χ3v) is 3.52. The topological polar surface area (TPSA) is 117 Å². The minimum absolute atomic E-state index is 0.0142. The zero-order valence-electron chi connectivity index (χ0n) is 16.8. The molecule has 1 aromatic carbocycles. The van der Waals surface area contributed by atoms with Crippen molar-refractivity contribution in [3.8, 4) is 0 Å². The predicted molar refractivity (Wildman–Crippen MR) is 107 cm³/mol. The van der Waals surface area contributed by atoms with E-state index >= 15 is 0 Å². The van der Waals surface area contributed by atoms with Crippen LogP contribution in [0.3, 0.4) is 0 Å². The number of amides is 1. The van der Waals surface area contributed by atoms with Crippen molar-refractivity contribution in [1.82, 2.24) is 10.6 Å². The molecule has 0 radical (unpaired) electrons. The van der Waals surface area contributed by atoms with Crippen LogP contribution in [0.5, 0.6) is 0 Å². The van der Waals surface area contributed by atoms with Crippen LogP contribution in [0.2, 0.25) is 0 Å². The fourth-order valence-corrected chi connectivity index (χ4v) is 2.25. The molecule has 0 spiro atoms. The molecule has 3 atom stereocenters. The molecule has 1 rings (SSSR count). The van der Waals surface area contributed by atoms with Crippen LogP contribution in [0.25, 0.3) is 0 Å². The third-order valence-electron chi connectivity index (χ3n) is 3.52. The van der Waals surface area contributed by atoms with Gasteiger partial charge in [0.25, 0.3) is 0 Å². The molecule has 1 aromatic rings. The zero-order valence-corrected chi connectivity index (χ0v) is 16.8. The number of nitrogens with one attached hydrogen (secondary N) is 2. The van der Waals surface area contributed by atoms with Crippen LogP contribution in [0.4, 0.5) is 0 Å². The van der Waals surface area contributed by atoms with Gasteiger partial charge in [0.1, 0.15) is 0 Å². The van der Waals surface area contributed by atoms with Gasteiger partial charge >= 0.3 is 160 Å². The summed E-state index contributed by atoms with van der Waals surface area (Å²) in [5.74, 6) is -1.39. The monoisotopic (exact) mass is 392 g/mol. The molecule has 154 valence electrons. The van der Waals surface area contributed by atoms with Crippen molar-refractivity contribution >= 4 is 25.1 Å². The van der Waals surface area contributed by atoms with Crippen LogP contribution < -0.4 is 10.6 Å². The molecule has 0 fully saturated rings. The average molecular weight is 392 g/mol. The minimum atomic E-state index is -1.27. The number of carbonyl (C=O) groups is 2. The molecule has 28 heavy (non-hydrogen) atoms. The van der Waals surface area contributed by atoms with E-state index in [1.807, 2.05) is 26.8 Å². The molecule has 0 unspecified atom stereocenters. The summed E-state index contributed by atoms with van der Waals surface area (Å²) in [7, 11) is 3.68.